The van der Waals surface area contributed by atoms with Crippen LogP contribution >= 0.6 is 0 Å². The Morgan fingerprint density at radius 3 is 2.91 bits per heavy atom. The van der Waals surface area contributed by atoms with Crippen molar-refractivity contribution in [2.45, 2.75) is 0 Å². The summed E-state index contributed by atoms with van der Waals surface area (Å²) in [4.78, 5) is 11.1. The van der Waals surface area contributed by atoms with Crippen molar-refractivity contribution in [2.75, 3.05) is 31.1 Å². The first-order valence-electron chi connectivity index (χ1n) is 7.52. The van der Waals surface area contributed by atoms with Gasteiger partial charge in [-0.1, -0.05) is 6.07 Å². The number of nitriles is 1. The van der Waals surface area contributed by atoms with Crippen LogP contribution in [0.5, 0.6) is 0 Å². The van der Waals surface area contributed by atoms with Crippen molar-refractivity contribution in [3.8, 4) is 17.5 Å². The SMILES string of the molecule is N#Cc1cc2c(-c3cccc(N4CCNCC4)n3)n[nH]c2cn1. The van der Waals surface area contributed by atoms with Crippen LogP contribution in [-0.2, 0) is 0 Å². The molecule has 4 heterocycles. The third kappa shape index (κ3) is 2.49. The van der Waals surface area contributed by atoms with Gasteiger partial charge in [-0.3, -0.25) is 5.10 Å². The highest BCUT2D eigenvalue weighted by molar-refractivity contribution is 5.92. The number of hydrogen-bond acceptors (Lipinski definition) is 6. The zero-order valence-corrected chi connectivity index (χ0v) is 12.5. The maximum atomic E-state index is 9.04. The highest BCUT2D eigenvalue weighted by Crippen LogP contribution is 2.26. The van der Waals surface area contributed by atoms with Crippen molar-refractivity contribution in [1.29, 1.82) is 5.26 Å². The van der Waals surface area contributed by atoms with Crippen molar-refractivity contribution < 1.29 is 0 Å². The number of nitrogens with zero attached hydrogens (tertiary/aromatic N) is 5. The number of pyridine rings is 2. The lowest BCUT2D eigenvalue weighted by Crippen LogP contribution is -2.43. The van der Waals surface area contributed by atoms with Crippen molar-refractivity contribution in [1.82, 2.24) is 25.5 Å². The van der Waals surface area contributed by atoms with Crippen molar-refractivity contribution in [3.63, 3.8) is 0 Å². The summed E-state index contributed by atoms with van der Waals surface area (Å²) >= 11 is 0. The van der Waals surface area contributed by atoms with Gasteiger partial charge >= 0.3 is 0 Å². The van der Waals surface area contributed by atoms with Gasteiger partial charge in [0.1, 0.15) is 23.3 Å². The van der Waals surface area contributed by atoms with Crippen LogP contribution < -0.4 is 10.2 Å². The number of aromatic nitrogens is 4. The first-order valence-corrected chi connectivity index (χ1v) is 7.52. The second-order valence-electron chi connectivity index (χ2n) is 5.42. The van der Waals surface area contributed by atoms with E-state index in [0.29, 0.717) is 5.69 Å². The van der Waals surface area contributed by atoms with Crippen molar-refractivity contribution >= 4 is 16.7 Å². The summed E-state index contributed by atoms with van der Waals surface area (Å²) in [5.41, 5.74) is 2.71. The number of piperazine rings is 1. The number of aromatic amines is 1. The van der Waals surface area contributed by atoms with Gasteiger partial charge in [0.05, 0.1) is 17.4 Å². The summed E-state index contributed by atoms with van der Waals surface area (Å²) in [5.74, 6) is 0.953. The number of anilines is 1. The third-order valence-electron chi connectivity index (χ3n) is 3.98. The number of hydrogen-bond donors (Lipinski definition) is 2. The summed E-state index contributed by atoms with van der Waals surface area (Å²) < 4.78 is 0. The maximum Gasteiger partial charge on any atom is 0.141 e. The molecule has 0 radical (unpaired) electrons. The lowest BCUT2D eigenvalue weighted by atomic mass is 10.1. The topological polar surface area (TPSA) is 93.5 Å². The van der Waals surface area contributed by atoms with E-state index in [4.69, 9.17) is 10.2 Å². The van der Waals surface area contributed by atoms with Crippen LogP contribution in [0, 0.1) is 11.3 Å². The molecule has 1 fully saturated rings. The average molecular weight is 305 g/mol. The summed E-state index contributed by atoms with van der Waals surface area (Å²) in [6.45, 7) is 3.82. The van der Waals surface area contributed by atoms with Crippen LogP contribution in [0.2, 0.25) is 0 Å². The minimum Gasteiger partial charge on any atom is -0.354 e. The van der Waals surface area contributed by atoms with Gasteiger partial charge in [-0.25, -0.2) is 9.97 Å². The van der Waals surface area contributed by atoms with Crippen LogP contribution in [0.15, 0.2) is 30.5 Å². The van der Waals surface area contributed by atoms with E-state index in [0.717, 1.165) is 54.3 Å². The lowest BCUT2D eigenvalue weighted by Gasteiger charge is -2.28. The molecule has 3 aromatic rings. The van der Waals surface area contributed by atoms with E-state index < -0.39 is 0 Å². The van der Waals surface area contributed by atoms with Gasteiger partial charge < -0.3 is 10.2 Å². The molecule has 0 spiro atoms. The molecule has 0 bridgehead atoms. The number of nitrogens with one attached hydrogen (secondary N) is 2. The summed E-state index contributed by atoms with van der Waals surface area (Å²) in [6.07, 6.45) is 1.63. The Hall–Kier alpha value is -2.98. The van der Waals surface area contributed by atoms with Gasteiger partial charge in [-0.15, -0.1) is 0 Å². The molecule has 7 heteroatoms. The van der Waals surface area contributed by atoms with Gasteiger partial charge in [0.25, 0.3) is 0 Å². The molecule has 0 unspecified atom stereocenters. The minimum atomic E-state index is 0.374. The standard InChI is InChI=1S/C16H15N7/c17-9-11-8-12-14(10-19-11)21-22-16(12)13-2-1-3-15(20-13)23-6-4-18-5-7-23/h1-3,8,10,18H,4-7H2,(H,21,22). The third-order valence-corrected chi connectivity index (χ3v) is 3.98. The highest BCUT2D eigenvalue weighted by Gasteiger charge is 2.15. The average Bonchev–Trinajstić information content (AvgIpc) is 3.05. The number of H-pyrrole nitrogens is 1. The molecule has 0 saturated carbocycles. The molecule has 2 N–H and O–H groups in total. The first kappa shape index (κ1) is 13.7. The molecule has 1 saturated heterocycles. The monoisotopic (exact) mass is 305 g/mol. The fraction of sp³-hybridized carbons (Fsp3) is 0.250. The van der Waals surface area contributed by atoms with E-state index in [2.05, 4.69) is 31.5 Å². The summed E-state index contributed by atoms with van der Waals surface area (Å²) in [7, 11) is 0. The first-order chi connectivity index (χ1) is 11.3. The van der Waals surface area contributed by atoms with Crippen LogP contribution in [0.4, 0.5) is 5.82 Å². The molecule has 7 nitrogen and oxygen atoms in total. The van der Waals surface area contributed by atoms with E-state index in [1.807, 2.05) is 18.2 Å². The van der Waals surface area contributed by atoms with Crippen molar-refractivity contribution in [2.24, 2.45) is 0 Å². The minimum absolute atomic E-state index is 0.374. The largest absolute Gasteiger partial charge is 0.354 e. The van der Waals surface area contributed by atoms with Crippen LogP contribution in [0.25, 0.3) is 22.3 Å². The van der Waals surface area contributed by atoms with Crippen LogP contribution in [0.3, 0.4) is 0 Å². The molecule has 114 valence electrons. The van der Waals surface area contributed by atoms with Crippen molar-refractivity contribution in [3.05, 3.63) is 36.2 Å². The predicted molar refractivity (Wildman–Crippen MR) is 86.9 cm³/mol. The quantitative estimate of drug-likeness (QED) is 0.741. The van der Waals surface area contributed by atoms with E-state index in [9.17, 15) is 0 Å². The van der Waals surface area contributed by atoms with Crippen LogP contribution in [-0.4, -0.2) is 46.3 Å². The van der Waals surface area contributed by atoms with Gasteiger partial charge in [-0.05, 0) is 18.2 Å². The Labute approximate surface area is 133 Å². The molecule has 0 aliphatic carbocycles. The fourth-order valence-corrected chi connectivity index (χ4v) is 2.80. The van der Waals surface area contributed by atoms with E-state index >= 15 is 0 Å². The Morgan fingerprint density at radius 1 is 1.22 bits per heavy atom. The maximum absolute atomic E-state index is 9.04. The zero-order chi connectivity index (χ0) is 15.6. The van der Waals surface area contributed by atoms with E-state index in [1.54, 1.807) is 12.3 Å². The predicted octanol–water partition coefficient (Wildman–Crippen LogP) is 1.30. The number of fused-ring (bicyclic) bond motifs is 1. The number of rotatable bonds is 2. The lowest BCUT2D eigenvalue weighted by molar-refractivity contribution is 0.585. The van der Waals surface area contributed by atoms with E-state index in [1.165, 1.54) is 0 Å². The second-order valence-corrected chi connectivity index (χ2v) is 5.42. The Bertz CT molecular complexity index is 887. The molecule has 0 aromatic carbocycles. The van der Waals surface area contributed by atoms with Crippen LogP contribution in [0.1, 0.15) is 5.69 Å². The molecule has 0 atom stereocenters. The normalized spacial score (nSPS) is 14.8. The smallest absolute Gasteiger partial charge is 0.141 e. The second kappa shape index (κ2) is 5.66. The molecule has 4 rings (SSSR count). The molecule has 3 aromatic heterocycles. The summed E-state index contributed by atoms with van der Waals surface area (Å²) in [6, 6.07) is 9.76. The van der Waals surface area contributed by atoms with Gasteiger partial charge in [0.2, 0.25) is 0 Å². The summed E-state index contributed by atoms with van der Waals surface area (Å²) in [5, 5.41) is 20.6. The Kier molecular flexibility index (Phi) is 3.37. The highest BCUT2D eigenvalue weighted by atomic mass is 15.2. The molecule has 23 heavy (non-hydrogen) atoms. The fourth-order valence-electron chi connectivity index (χ4n) is 2.80. The Morgan fingerprint density at radius 2 is 2.09 bits per heavy atom. The molecular formula is C16H15N7. The molecule has 0 amide bonds. The molecule has 1 aliphatic rings. The van der Waals surface area contributed by atoms with Gasteiger partial charge in [0.15, 0.2) is 0 Å². The zero-order valence-electron chi connectivity index (χ0n) is 12.5. The van der Waals surface area contributed by atoms with Gasteiger partial charge in [-0.2, -0.15) is 10.4 Å². The van der Waals surface area contributed by atoms with E-state index in [-0.39, 0.29) is 0 Å². The molecule has 1 aliphatic heterocycles. The van der Waals surface area contributed by atoms with Gasteiger partial charge in [0, 0.05) is 31.6 Å². The Balaban J connectivity index is 1.77. The molecular weight excluding hydrogens is 290 g/mol.